The van der Waals surface area contributed by atoms with E-state index in [0.29, 0.717) is 5.56 Å². The average molecular weight is 1150 g/mol. The van der Waals surface area contributed by atoms with E-state index in [0.717, 1.165) is 123 Å². The van der Waals surface area contributed by atoms with Gasteiger partial charge in [-0.2, -0.15) is 5.26 Å². The Bertz CT molecular complexity index is 5720. The first-order valence-electron chi connectivity index (χ1n) is 30.6. The zero-order valence-electron chi connectivity index (χ0n) is 48.7. The monoisotopic (exact) mass is 1140 g/mol. The topological polar surface area (TPSA) is 56.4 Å². The minimum absolute atomic E-state index is 0.565. The van der Waals surface area contributed by atoms with Crippen molar-refractivity contribution in [2.24, 2.45) is 0 Å². The lowest BCUT2D eigenvalue weighted by Crippen LogP contribution is -2.03. The van der Waals surface area contributed by atoms with Crippen LogP contribution in [0.25, 0.3) is 166 Å². The summed E-state index contributed by atoms with van der Waals surface area (Å²) in [4.78, 5) is 4.85. The Morgan fingerprint density at radius 3 is 0.678 bits per heavy atom. The van der Waals surface area contributed by atoms with Crippen molar-refractivity contribution in [3.63, 3.8) is 0 Å². The van der Waals surface area contributed by atoms with E-state index in [1.54, 1.807) is 0 Å². The van der Waals surface area contributed by atoms with Crippen molar-refractivity contribution < 1.29 is 0 Å². The number of fused-ring (bicyclic) bond motifs is 12. The largest absolute Gasteiger partial charge is 0.309 e. The van der Waals surface area contributed by atoms with Crippen molar-refractivity contribution in [3.8, 4) is 84.5 Å². The summed E-state index contributed by atoms with van der Waals surface area (Å²) >= 11 is 0. The van der Waals surface area contributed by atoms with E-state index in [1.165, 1.54) is 43.1 Å². The number of aromatic nitrogens is 5. The first-order valence-corrected chi connectivity index (χ1v) is 30.6. The summed E-state index contributed by atoms with van der Waals surface area (Å²) in [6, 6.07) is 112. The van der Waals surface area contributed by atoms with Crippen LogP contribution in [-0.2, 0) is 0 Å². The molecule has 18 rings (SSSR count). The van der Waals surface area contributed by atoms with E-state index in [1.807, 2.05) is 18.5 Å². The molecule has 0 saturated carbocycles. The Morgan fingerprint density at radius 1 is 0.222 bits per heavy atom. The summed E-state index contributed by atoms with van der Waals surface area (Å²) in [5.41, 5.74) is 23.0. The van der Waals surface area contributed by atoms with E-state index in [2.05, 4.69) is 322 Å². The van der Waals surface area contributed by atoms with Gasteiger partial charge in [-0.3, -0.25) is 4.98 Å². The number of pyridine rings is 1. The summed E-state index contributed by atoms with van der Waals surface area (Å²) in [5.74, 6) is 0. The molecular weight excluding hydrogens is 1090 g/mol. The van der Waals surface area contributed by atoms with Crippen LogP contribution in [0.4, 0.5) is 0 Å². The molecule has 0 aliphatic rings. The Hall–Kier alpha value is -12.3. The third kappa shape index (κ3) is 7.73. The van der Waals surface area contributed by atoms with Gasteiger partial charge in [0.05, 0.1) is 49.7 Å². The molecule has 5 heterocycles. The van der Waals surface area contributed by atoms with Gasteiger partial charge in [-0.1, -0.05) is 200 Å². The van der Waals surface area contributed by atoms with E-state index >= 15 is 0 Å². The fourth-order valence-electron chi connectivity index (χ4n) is 14.7. The molecular formula is C84H52N6. The number of rotatable bonds is 9. The SMILES string of the molecule is N#Cc1c(-c2ccc(-n3c4ccccc4c4ccccc43)cc2)c(-c2ccc(-n3c4ccccc4c4ccccc43)cc2)c(-c2ccc(-n3c4ccccc4c4ccccc43)cc2)c(-c2cccnc2)c1-c1ccc(-n2c3ccccc3c3ccccc32)cc1. The highest BCUT2D eigenvalue weighted by atomic mass is 15.0. The van der Waals surface area contributed by atoms with Crippen LogP contribution in [0.15, 0.2) is 316 Å². The van der Waals surface area contributed by atoms with Crippen LogP contribution in [0, 0.1) is 11.3 Å². The number of hydrogen-bond donors (Lipinski definition) is 0. The van der Waals surface area contributed by atoms with Gasteiger partial charge >= 0.3 is 0 Å². The maximum atomic E-state index is 12.4. The Balaban J connectivity index is 0.933. The van der Waals surface area contributed by atoms with E-state index in [4.69, 9.17) is 4.98 Å². The molecule has 5 aromatic heterocycles. The fraction of sp³-hybridized carbons (Fsp3) is 0. The van der Waals surface area contributed by atoms with Gasteiger partial charge < -0.3 is 18.3 Å². The van der Waals surface area contributed by atoms with Gasteiger partial charge in [-0.05, 0) is 137 Å². The molecule has 418 valence electrons. The molecule has 0 fully saturated rings. The van der Waals surface area contributed by atoms with E-state index in [-0.39, 0.29) is 0 Å². The molecule has 13 aromatic carbocycles. The lowest BCUT2D eigenvalue weighted by Gasteiger charge is -2.26. The normalized spacial score (nSPS) is 11.8. The van der Waals surface area contributed by atoms with Crippen LogP contribution < -0.4 is 0 Å². The lowest BCUT2D eigenvalue weighted by molar-refractivity contribution is 1.18. The molecule has 0 radical (unpaired) electrons. The highest BCUT2D eigenvalue weighted by Crippen LogP contribution is 2.53. The van der Waals surface area contributed by atoms with Crippen molar-refractivity contribution in [1.29, 1.82) is 5.26 Å². The Kier molecular flexibility index (Phi) is 11.6. The summed E-state index contributed by atoms with van der Waals surface area (Å²) in [7, 11) is 0. The van der Waals surface area contributed by atoms with Gasteiger partial charge in [0.15, 0.2) is 0 Å². The van der Waals surface area contributed by atoms with Gasteiger partial charge in [-0.25, -0.2) is 0 Å². The van der Waals surface area contributed by atoms with Gasteiger partial charge in [0, 0.05) is 100 Å². The number of nitrogens with zero attached hydrogens (tertiary/aromatic N) is 6. The second-order valence-electron chi connectivity index (χ2n) is 23.3. The Labute approximate surface area is 518 Å². The minimum Gasteiger partial charge on any atom is -0.309 e. The van der Waals surface area contributed by atoms with E-state index in [9.17, 15) is 5.26 Å². The fourth-order valence-corrected chi connectivity index (χ4v) is 14.7. The highest BCUT2D eigenvalue weighted by molar-refractivity contribution is 6.14. The smallest absolute Gasteiger partial charge is 0.100 e. The van der Waals surface area contributed by atoms with Crippen LogP contribution in [0.1, 0.15) is 5.56 Å². The molecule has 0 atom stereocenters. The maximum absolute atomic E-state index is 12.4. The second kappa shape index (κ2) is 20.4. The molecule has 0 unspecified atom stereocenters. The summed E-state index contributed by atoms with van der Waals surface area (Å²) in [6.45, 7) is 0. The summed E-state index contributed by atoms with van der Waals surface area (Å²) in [5, 5.41) is 22.0. The first-order chi connectivity index (χ1) is 44.7. The van der Waals surface area contributed by atoms with Crippen molar-refractivity contribution in [3.05, 3.63) is 321 Å². The molecule has 0 bridgehead atoms. The van der Waals surface area contributed by atoms with Gasteiger partial charge in [-0.15, -0.1) is 0 Å². The number of hydrogen-bond acceptors (Lipinski definition) is 2. The molecule has 0 aliphatic heterocycles. The molecule has 6 heteroatoms. The summed E-state index contributed by atoms with van der Waals surface area (Å²) < 4.78 is 9.44. The molecule has 18 aromatic rings. The summed E-state index contributed by atoms with van der Waals surface area (Å²) in [6.07, 6.45) is 3.79. The van der Waals surface area contributed by atoms with Crippen molar-refractivity contribution in [1.82, 2.24) is 23.3 Å². The molecule has 0 spiro atoms. The third-order valence-corrected chi connectivity index (χ3v) is 18.5. The maximum Gasteiger partial charge on any atom is 0.100 e. The predicted octanol–water partition coefficient (Wildman–Crippen LogP) is 21.7. The molecule has 0 amide bonds. The number of benzene rings is 13. The van der Waals surface area contributed by atoms with Gasteiger partial charge in [0.1, 0.15) is 6.07 Å². The van der Waals surface area contributed by atoms with Gasteiger partial charge in [0.25, 0.3) is 0 Å². The molecule has 6 nitrogen and oxygen atoms in total. The minimum atomic E-state index is 0.565. The average Bonchev–Trinajstić information content (AvgIpc) is 1.24. The first kappa shape index (κ1) is 51.0. The second-order valence-corrected chi connectivity index (χ2v) is 23.3. The number of para-hydroxylation sites is 8. The van der Waals surface area contributed by atoms with Crippen LogP contribution in [0.2, 0.25) is 0 Å². The van der Waals surface area contributed by atoms with Gasteiger partial charge in [0.2, 0.25) is 0 Å². The highest BCUT2D eigenvalue weighted by Gasteiger charge is 2.30. The molecule has 0 aliphatic carbocycles. The van der Waals surface area contributed by atoms with Crippen molar-refractivity contribution >= 4 is 87.2 Å². The van der Waals surface area contributed by atoms with Crippen LogP contribution in [0.3, 0.4) is 0 Å². The van der Waals surface area contributed by atoms with Crippen molar-refractivity contribution in [2.45, 2.75) is 0 Å². The number of nitriles is 1. The lowest BCUT2D eigenvalue weighted by atomic mass is 9.76. The third-order valence-electron chi connectivity index (χ3n) is 18.5. The van der Waals surface area contributed by atoms with E-state index < -0.39 is 0 Å². The Morgan fingerprint density at radius 2 is 0.444 bits per heavy atom. The van der Waals surface area contributed by atoms with Crippen LogP contribution in [-0.4, -0.2) is 23.3 Å². The standard InChI is InChI=1S/C84H52N6/c85-52-71-80(54-35-43-59(44-36-54)87-72-27-9-1-19-63(72)64-20-2-10-28-73(64)87)82(56-39-47-61(48-40-56)89-76-31-13-5-23-67(76)68-24-6-14-32-77(68)89)83(57-41-49-62(50-42-57)90-78-33-15-7-25-69(78)70-26-8-16-34-79(70)90)84(58-18-17-51-86-53-58)81(71)55-37-45-60(46-38-55)88-74-29-11-3-21-65(74)66-22-4-12-30-75(66)88/h1-51,53H. The zero-order valence-corrected chi connectivity index (χ0v) is 48.7. The van der Waals surface area contributed by atoms with Crippen molar-refractivity contribution in [2.75, 3.05) is 0 Å². The van der Waals surface area contributed by atoms with Crippen LogP contribution in [0.5, 0.6) is 0 Å². The zero-order chi connectivity index (χ0) is 59.4. The quantitative estimate of drug-likeness (QED) is 0.145. The predicted molar refractivity (Wildman–Crippen MR) is 373 cm³/mol. The molecule has 90 heavy (non-hydrogen) atoms. The molecule has 0 N–H and O–H groups in total. The molecule has 0 saturated heterocycles. The van der Waals surface area contributed by atoms with Crippen LogP contribution >= 0.6 is 0 Å².